The number of rotatable bonds is 6. The lowest BCUT2D eigenvalue weighted by Gasteiger charge is -2.09. The van der Waals surface area contributed by atoms with Crippen LogP contribution in [0.15, 0.2) is 18.3 Å². The number of carbonyl (C=O) groups is 1. The number of carbonyl (C=O) groups excluding carboxylic acids is 1. The summed E-state index contributed by atoms with van der Waals surface area (Å²) in [6, 6.07) is 3.49. The molecule has 0 aromatic carbocycles. The SMILES string of the molecule is CCOc1ccc(-n2ncc(C(=O)NCC3CCOC3)c2C)nn1. The summed E-state index contributed by atoms with van der Waals surface area (Å²) in [5, 5.41) is 15.3. The molecule has 1 fully saturated rings. The largest absolute Gasteiger partial charge is 0.477 e. The van der Waals surface area contributed by atoms with Crippen molar-refractivity contribution in [3.8, 4) is 11.7 Å². The fraction of sp³-hybridized carbons (Fsp3) is 0.500. The normalized spacial score (nSPS) is 17.0. The zero-order valence-corrected chi connectivity index (χ0v) is 13.9. The Morgan fingerprint density at radius 3 is 3.00 bits per heavy atom. The topological polar surface area (TPSA) is 91.2 Å². The van der Waals surface area contributed by atoms with Crippen LogP contribution in [0.5, 0.6) is 5.88 Å². The van der Waals surface area contributed by atoms with E-state index < -0.39 is 0 Å². The predicted molar refractivity (Wildman–Crippen MR) is 86.3 cm³/mol. The highest BCUT2D eigenvalue weighted by molar-refractivity contribution is 5.95. The molecule has 0 spiro atoms. The van der Waals surface area contributed by atoms with Crippen LogP contribution in [0.2, 0.25) is 0 Å². The van der Waals surface area contributed by atoms with Crippen LogP contribution in [-0.4, -0.2) is 52.3 Å². The Bertz CT molecular complexity index is 692. The highest BCUT2D eigenvalue weighted by atomic mass is 16.5. The molecule has 1 N–H and O–H groups in total. The number of nitrogens with one attached hydrogen (secondary N) is 1. The summed E-state index contributed by atoms with van der Waals surface area (Å²) in [5.74, 6) is 1.26. The Morgan fingerprint density at radius 1 is 1.46 bits per heavy atom. The van der Waals surface area contributed by atoms with Crippen LogP contribution < -0.4 is 10.1 Å². The quantitative estimate of drug-likeness (QED) is 0.853. The van der Waals surface area contributed by atoms with Gasteiger partial charge in [-0.25, -0.2) is 4.68 Å². The summed E-state index contributed by atoms with van der Waals surface area (Å²) in [4.78, 5) is 12.3. The third-order valence-corrected chi connectivity index (χ3v) is 3.96. The van der Waals surface area contributed by atoms with Gasteiger partial charge >= 0.3 is 0 Å². The third kappa shape index (κ3) is 3.53. The smallest absolute Gasteiger partial charge is 0.254 e. The maximum absolute atomic E-state index is 12.3. The van der Waals surface area contributed by atoms with Gasteiger partial charge in [-0.15, -0.1) is 10.2 Å². The van der Waals surface area contributed by atoms with Gasteiger partial charge in [0.05, 0.1) is 30.7 Å². The molecule has 1 atom stereocenters. The molecule has 1 amide bonds. The molecule has 0 aliphatic carbocycles. The molecule has 2 aromatic heterocycles. The fourth-order valence-electron chi connectivity index (χ4n) is 2.59. The number of nitrogens with zero attached hydrogens (tertiary/aromatic N) is 4. The highest BCUT2D eigenvalue weighted by Gasteiger charge is 2.19. The van der Waals surface area contributed by atoms with Gasteiger partial charge in [0.25, 0.3) is 5.91 Å². The first-order valence-corrected chi connectivity index (χ1v) is 8.06. The van der Waals surface area contributed by atoms with Gasteiger partial charge in [-0.05, 0) is 26.3 Å². The second-order valence-corrected chi connectivity index (χ2v) is 5.66. The Kier molecular flexibility index (Phi) is 5.05. The van der Waals surface area contributed by atoms with Gasteiger partial charge in [-0.3, -0.25) is 4.79 Å². The van der Waals surface area contributed by atoms with E-state index in [1.54, 1.807) is 23.0 Å². The first kappa shape index (κ1) is 16.4. The van der Waals surface area contributed by atoms with Crippen LogP contribution >= 0.6 is 0 Å². The van der Waals surface area contributed by atoms with E-state index in [0.717, 1.165) is 13.0 Å². The van der Waals surface area contributed by atoms with Crippen molar-refractivity contribution in [2.75, 3.05) is 26.4 Å². The van der Waals surface area contributed by atoms with E-state index in [1.165, 1.54) is 0 Å². The lowest BCUT2D eigenvalue weighted by Crippen LogP contribution is -2.29. The number of amides is 1. The van der Waals surface area contributed by atoms with Gasteiger partial charge in [0.2, 0.25) is 5.88 Å². The molecule has 1 saturated heterocycles. The molecule has 1 unspecified atom stereocenters. The molecule has 0 radical (unpaired) electrons. The van der Waals surface area contributed by atoms with Crippen molar-refractivity contribution in [2.24, 2.45) is 5.92 Å². The Labute approximate surface area is 140 Å². The summed E-state index contributed by atoms with van der Waals surface area (Å²) in [7, 11) is 0. The molecular weight excluding hydrogens is 310 g/mol. The molecule has 0 bridgehead atoms. The van der Waals surface area contributed by atoms with Crippen LogP contribution in [0, 0.1) is 12.8 Å². The van der Waals surface area contributed by atoms with Gasteiger partial charge in [0, 0.05) is 25.1 Å². The molecule has 3 rings (SSSR count). The fourth-order valence-corrected chi connectivity index (χ4v) is 2.59. The van der Waals surface area contributed by atoms with Gasteiger partial charge in [0.15, 0.2) is 5.82 Å². The van der Waals surface area contributed by atoms with E-state index >= 15 is 0 Å². The number of hydrogen-bond acceptors (Lipinski definition) is 6. The van der Waals surface area contributed by atoms with Crippen molar-refractivity contribution in [1.29, 1.82) is 0 Å². The molecule has 2 aromatic rings. The monoisotopic (exact) mass is 331 g/mol. The van der Waals surface area contributed by atoms with Crippen LogP contribution in [0.3, 0.4) is 0 Å². The number of hydrogen-bond donors (Lipinski definition) is 1. The lowest BCUT2D eigenvalue weighted by molar-refractivity contribution is 0.0944. The second kappa shape index (κ2) is 7.39. The Balaban J connectivity index is 1.69. The zero-order chi connectivity index (χ0) is 16.9. The minimum atomic E-state index is -0.135. The molecule has 24 heavy (non-hydrogen) atoms. The van der Waals surface area contributed by atoms with Crippen LogP contribution in [0.4, 0.5) is 0 Å². The third-order valence-electron chi connectivity index (χ3n) is 3.96. The van der Waals surface area contributed by atoms with E-state index in [2.05, 4.69) is 20.6 Å². The van der Waals surface area contributed by atoms with E-state index in [1.807, 2.05) is 13.8 Å². The molecule has 128 valence electrons. The molecule has 8 heteroatoms. The molecule has 0 saturated carbocycles. The lowest BCUT2D eigenvalue weighted by atomic mass is 10.1. The van der Waals surface area contributed by atoms with Crippen molar-refractivity contribution >= 4 is 5.91 Å². The van der Waals surface area contributed by atoms with Gasteiger partial charge in [-0.2, -0.15) is 5.10 Å². The first-order valence-electron chi connectivity index (χ1n) is 8.06. The van der Waals surface area contributed by atoms with Crippen LogP contribution in [-0.2, 0) is 4.74 Å². The van der Waals surface area contributed by atoms with Crippen molar-refractivity contribution < 1.29 is 14.3 Å². The van der Waals surface area contributed by atoms with Crippen molar-refractivity contribution in [1.82, 2.24) is 25.3 Å². The van der Waals surface area contributed by atoms with Crippen LogP contribution in [0.25, 0.3) is 5.82 Å². The molecule has 8 nitrogen and oxygen atoms in total. The molecular formula is C16H21N5O3. The molecule has 3 heterocycles. The van der Waals surface area contributed by atoms with Gasteiger partial charge < -0.3 is 14.8 Å². The summed E-state index contributed by atoms with van der Waals surface area (Å²) < 4.78 is 12.2. The van der Waals surface area contributed by atoms with E-state index in [9.17, 15) is 4.79 Å². The Hall–Kier alpha value is -2.48. The van der Waals surface area contributed by atoms with Crippen molar-refractivity contribution in [2.45, 2.75) is 20.3 Å². The first-order chi connectivity index (χ1) is 11.7. The maximum Gasteiger partial charge on any atom is 0.254 e. The average Bonchev–Trinajstić information content (AvgIpc) is 3.23. The van der Waals surface area contributed by atoms with E-state index in [0.29, 0.717) is 48.6 Å². The standard InChI is InChI=1S/C16H21N5O3/c1-3-24-15-5-4-14(19-20-15)21-11(2)13(9-18-21)16(22)17-8-12-6-7-23-10-12/h4-5,9,12H,3,6-8,10H2,1-2H3,(H,17,22). The molecule has 1 aliphatic rings. The number of aromatic nitrogens is 4. The highest BCUT2D eigenvalue weighted by Crippen LogP contribution is 2.15. The minimum absolute atomic E-state index is 0.135. The second-order valence-electron chi connectivity index (χ2n) is 5.66. The van der Waals surface area contributed by atoms with E-state index in [4.69, 9.17) is 9.47 Å². The summed E-state index contributed by atoms with van der Waals surface area (Å²) in [6.07, 6.45) is 2.54. The molecule has 1 aliphatic heterocycles. The van der Waals surface area contributed by atoms with Gasteiger partial charge in [0.1, 0.15) is 0 Å². The van der Waals surface area contributed by atoms with Crippen molar-refractivity contribution in [3.05, 3.63) is 29.6 Å². The Morgan fingerprint density at radius 2 is 2.33 bits per heavy atom. The predicted octanol–water partition coefficient (Wildman–Crippen LogP) is 1.14. The summed E-state index contributed by atoms with van der Waals surface area (Å²) in [6.45, 7) is 6.35. The maximum atomic E-state index is 12.3. The zero-order valence-electron chi connectivity index (χ0n) is 13.9. The van der Waals surface area contributed by atoms with E-state index in [-0.39, 0.29) is 5.91 Å². The van der Waals surface area contributed by atoms with Crippen LogP contribution in [0.1, 0.15) is 29.4 Å². The van der Waals surface area contributed by atoms with Crippen molar-refractivity contribution in [3.63, 3.8) is 0 Å². The number of ether oxygens (including phenoxy) is 2. The van der Waals surface area contributed by atoms with Gasteiger partial charge in [-0.1, -0.05) is 0 Å². The minimum Gasteiger partial charge on any atom is -0.477 e. The summed E-state index contributed by atoms with van der Waals surface area (Å²) >= 11 is 0. The average molecular weight is 331 g/mol. The summed E-state index contributed by atoms with van der Waals surface area (Å²) in [5.41, 5.74) is 1.25.